The molecule has 20 heavy (non-hydrogen) atoms. The lowest BCUT2D eigenvalue weighted by Gasteiger charge is -2.26. The number of aliphatic hydroxyl groups excluding tert-OH is 1. The number of rotatable bonds is 3. The normalized spacial score (nSPS) is 14.8. The van der Waals surface area contributed by atoms with Crippen molar-refractivity contribution in [1.82, 2.24) is 10.4 Å². The van der Waals surface area contributed by atoms with Crippen LogP contribution in [0.4, 0.5) is 9.59 Å². The van der Waals surface area contributed by atoms with Gasteiger partial charge in [-0.2, -0.15) is 5.01 Å². The number of hydrazine groups is 1. The second kappa shape index (κ2) is 7.37. The number of hydrogen-bond donors (Lipinski definition) is 2. The Labute approximate surface area is 116 Å². The first-order chi connectivity index (χ1) is 9.51. The fraction of sp³-hybridized carbons (Fsp3) is 0.583. The molecule has 8 heteroatoms. The highest BCUT2D eigenvalue weighted by atomic mass is 16.6. The predicted octanol–water partition coefficient (Wildman–Crippen LogP) is 1.63. The number of Topliss-reactive ketones (excluding diaryl/α,β-unsaturated/α-hetero) is 1. The van der Waals surface area contributed by atoms with Crippen LogP contribution in [0.3, 0.4) is 0 Å². The SMILES string of the molecule is CCOC(=O)NN(C(=O)OCC)C1=C(O)CCCC1=O. The van der Waals surface area contributed by atoms with Crippen molar-refractivity contribution in [2.24, 2.45) is 0 Å². The third-order valence-corrected chi connectivity index (χ3v) is 2.51. The van der Waals surface area contributed by atoms with Gasteiger partial charge < -0.3 is 14.6 Å². The van der Waals surface area contributed by atoms with Gasteiger partial charge >= 0.3 is 12.2 Å². The molecule has 0 spiro atoms. The zero-order valence-corrected chi connectivity index (χ0v) is 11.5. The third-order valence-electron chi connectivity index (χ3n) is 2.51. The largest absolute Gasteiger partial charge is 0.510 e. The number of carbonyl (C=O) groups is 3. The Morgan fingerprint density at radius 2 is 1.90 bits per heavy atom. The smallest absolute Gasteiger partial charge is 0.433 e. The average Bonchev–Trinajstić information content (AvgIpc) is 2.37. The van der Waals surface area contributed by atoms with Gasteiger partial charge in [-0.05, 0) is 20.3 Å². The molecule has 8 nitrogen and oxygen atoms in total. The summed E-state index contributed by atoms with van der Waals surface area (Å²) in [6.45, 7) is 3.33. The van der Waals surface area contributed by atoms with E-state index in [2.05, 4.69) is 10.2 Å². The fourth-order valence-electron chi connectivity index (χ4n) is 1.70. The maximum Gasteiger partial charge on any atom is 0.433 e. The zero-order valence-electron chi connectivity index (χ0n) is 11.5. The highest BCUT2D eigenvalue weighted by Crippen LogP contribution is 2.22. The van der Waals surface area contributed by atoms with Crippen LogP contribution in [0.25, 0.3) is 0 Å². The molecule has 0 fully saturated rings. The van der Waals surface area contributed by atoms with Crippen molar-refractivity contribution >= 4 is 18.0 Å². The molecule has 2 N–H and O–H groups in total. The Kier molecular flexibility index (Phi) is 5.82. The molecule has 112 valence electrons. The van der Waals surface area contributed by atoms with E-state index in [9.17, 15) is 19.5 Å². The molecular weight excluding hydrogens is 268 g/mol. The van der Waals surface area contributed by atoms with Crippen LogP contribution >= 0.6 is 0 Å². The minimum absolute atomic E-state index is 0.0576. The summed E-state index contributed by atoms with van der Waals surface area (Å²) in [6.07, 6.45) is -0.956. The van der Waals surface area contributed by atoms with E-state index < -0.39 is 18.0 Å². The van der Waals surface area contributed by atoms with Crippen LogP contribution in [-0.4, -0.2) is 41.3 Å². The summed E-state index contributed by atoms with van der Waals surface area (Å²) in [4.78, 5) is 35.1. The second-order valence-corrected chi connectivity index (χ2v) is 3.94. The molecule has 0 unspecified atom stereocenters. The minimum atomic E-state index is -0.961. The van der Waals surface area contributed by atoms with Gasteiger partial charge in [0, 0.05) is 12.8 Å². The number of carbonyl (C=O) groups excluding carboxylic acids is 3. The van der Waals surface area contributed by atoms with Crippen molar-refractivity contribution in [3.05, 3.63) is 11.5 Å². The summed E-state index contributed by atoms with van der Waals surface area (Å²) in [5.41, 5.74) is 1.82. The van der Waals surface area contributed by atoms with Crippen LogP contribution < -0.4 is 5.43 Å². The van der Waals surface area contributed by atoms with E-state index in [4.69, 9.17) is 4.74 Å². The fourth-order valence-corrected chi connectivity index (χ4v) is 1.70. The van der Waals surface area contributed by atoms with Gasteiger partial charge in [0.25, 0.3) is 0 Å². The van der Waals surface area contributed by atoms with Crippen molar-refractivity contribution < 1.29 is 29.0 Å². The summed E-state index contributed by atoms with van der Waals surface area (Å²) in [5.74, 6) is -0.704. The van der Waals surface area contributed by atoms with Gasteiger partial charge in [-0.1, -0.05) is 0 Å². The molecule has 2 amide bonds. The Morgan fingerprint density at radius 3 is 2.45 bits per heavy atom. The number of ketones is 1. The molecule has 0 saturated carbocycles. The third kappa shape index (κ3) is 3.87. The first-order valence-electron chi connectivity index (χ1n) is 6.36. The van der Waals surface area contributed by atoms with Gasteiger partial charge in [-0.25, -0.2) is 15.0 Å². The van der Waals surface area contributed by atoms with Crippen LogP contribution in [0.5, 0.6) is 0 Å². The van der Waals surface area contributed by atoms with Crippen molar-refractivity contribution in [2.45, 2.75) is 33.1 Å². The highest BCUT2D eigenvalue weighted by molar-refractivity contribution is 5.99. The number of ether oxygens (including phenoxy) is 2. The summed E-state index contributed by atoms with van der Waals surface area (Å²) in [5, 5.41) is 10.4. The molecule has 1 aliphatic rings. The van der Waals surface area contributed by atoms with Crippen LogP contribution in [0.2, 0.25) is 0 Å². The number of hydrogen-bond acceptors (Lipinski definition) is 6. The zero-order chi connectivity index (χ0) is 15.1. The van der Waals surface area contributed by atoms with Gasteiger partial charge in [-0.15, -0.1) is 0 Å². The van der Waals surface area contributed by atoms with Crippen LogP contribution in [0.15, 0.2) is 11.5 Å². The Balaban J connectivity index is 3.00. The first kappa shape index (κ1) is 15.8. The quantitative estimate of drug-likeness (QED) is 0.764. The molecule has 1 aliphatic carbocycles. The summed E-state index contributed by atoms with van der Waals surface area (Å²) >= 11 is 0. The van der Waals surface area contributed by atoms with Gasteiger partial charge in [0.1, 0.15) is 5.76 Å². The molecule has 0 bridgehead atoms. The molecule has 0 radical (unpaired) electrons. The molecule has 0 aromatic rings. The second-order valence-electron chi connectivity index (χ2n) is 3.94. The molecule has 0 heterocycles. The van der Waals surface area contributed by atoms with Gasteiger partial charge in [0.15, 0.2) is 11.5 Å². The highest BCUT2D eigenvalue weighted by Gasteiger charge is 2.32. The standard InChI is InChI=1S/C12H18N2O6/c1-3-19-11(17)13-14(12(18)20-4-2)10-8(15)6-5-7-9(10)16/h15H,3-7H2,1-2H3,(H,13,17). The van der Waals surface area contributed by atoms with Crippen LogP contribution in [-0.2, 0) is 14.3 Å². The minimum Gasteiger partial charge on any atom is -0.510 e. The number of nitrogens with zero attached hydrogens (tertiary/aromatic N) is 1. The van der Waals surface area contributed by atoms with Gasteiger partial charge in [-0.3, -0.25) is 4.79 Å². The van der Waals surface area contributed by atoms with E-state index in [1.807, 2.05) is 0 Å². The number of amides is 2. The first-order valence-corrected chi connectivity index (χ1v) is 6.36. The molecule has 0 atom stereocenters. The lowest BCUT2D eigenvalue weighted by Crippen LogP contribution is -2.48. The van der Waals surface area contributed by atoms with Crippen molar-refractivity contribution in [3.63, 3.8) is 0 Å². The summed E-state index contributed by atoms with van der Waals surface area (Å²) in [6, 6.07) is 0. The van der Waals surface area contributed by atoms with E-state index in [1.165, 1.54) is 0 Å². The van der Waals surface area contributed by atoms with Crippen LogP contribution in [0, 0.1) is 0 Å². The van der Waals surface area contributed by atoms with E-state index >= 15 is 0 Å². The number of nitrogens with one attached hydrogen (secondary N) is 1. The number of allylic oxidation sites excluding steroid dienone is 2. The lowest BCUT2D eigenvalue weighted by atomic mass is 10.0. The van der Waals surface area contributed by atoms with Gasteiger partial charge in [0.2, 0.25) is 0 Å². The maximum atomic E-state index is 11.8. The Bertz CT molecular complexity index is 432. The topological polar surface area (TPSA) is 105 Å². The maximum absolute atomic E-state index is 11.8. The van der Waals surface area contributed by atoms with Gasteiger partial charge in [0.05, 0.1) is 13.2 Å². The molecular formula is C12H18N2O6. The van der Waals surface area contributed by atoms with E-state index in [0.717, 1.165) is 0 Å². The van der Waals surface area contributed by atoms with Crippen molar-refractivity contribution in [3.8, 4) is 0 Å². The average molecular weight is 286 g/mol. The summed E-state index contributed by atoms with van der Waals surface area (Å²) in [7, 11) is 0. The van der Waals surface area contributed by atoms with Crippen molar-refractivity contribution in [2.75, 3.05) is 13.2 Å². The molecule has 0 aromatic carbocycles. The Morgan fingerprint density at radius 1 is 1.25 bits per heavy atom. The molecule has 0 aliphatic heterocycles. The van der Waals surface area contributed by atoms with Crippen molar-refractivity contribution in [1.29, 1.82) is 0 Å². The molecule has 1 rings (SSSR count). The lowest BCUT2D eigenvalue weighted by molar-refractivity contribution is -0.118. The van der Waals surface area contributed by atoms with E-state index in [-0.39, 0.29) is 37.5 Å². The Hall–Kier alpha value is -2.25. The van der Waals surface area contributed by atoms with Crippen LogP contribution in [0.1, 0.15) is 33.1 Å². The van der Waals surface area contributed by atoms with E-state index in [1.54, 1.807) is 13.8 Å². The molecule has 0 aromatic heterocycles. The predicted molar refractivity (Wildman–Crippen MR) is 67.5 cm³/mol. The number of aliphatic hydroxyl groups is 1. The van der Waals surface area contributed by atoms with E-state index in [0.29, 0.717) is 11.4 Å². The monoisotopic (exact) mass is 286 g/mol. The summed E-state index contributed by atoms with van der Waals surface area (Å²) < 4.78 is 9.40. The molecule has 0 saturated heterocycles.